The Kier molecular flexibility index (Phi) is 17.3. The number of piperidine rings is 1. The molecular weight excluding hydrogens is 502 g/mol. The summed E-state index contributed by atoms with van der Waals surface area (Å²) in [5.41, 5.74) is 12.9. The molecule has 1 atom stereocenters. The average Bonchev–Trinajstić information content (AvgIpc) is 2.95. The number of nitrogens with two attached hydrogens (primary N) is 2. The Morgan fingerprint density at radius 2 is 1.90 bits per heavy atom. The molecule has 218 valence electrons. The molecule has 40 heavy (non-hydrogen) atoms. The molecule has 2 aromatic rings. The molecule has 1 fully saturated rings. The van der Waals surface area contributed by atoms with Gasteiger partial charge in [0, 0.05) is 48.2 Å². The number of hydrogen-bond acceptors (Lipinski definition) is 7. The third-order valence-corrected chi connectivity index (χ3v) is 5.73. The van der Waals surface area contributed by atoms with Crippen LogP contribution in [0.4, 0.5) is 0 Å². The third kappa shape index (κ3) is 15.0. The van der Waals surface area contributed by atoms with Crippen molar-refractivity contribution in [2.45, 2.75) is 59.4 Å². The van der Waals surface area contributed by atoms with E-state index in [1.807, 2.05) is 76.4 Å². The van der Waals surface area contributed by atoms with Gasteiger partial charge in [-0.1, -0.05) is 56.8 Å². The molecule has 8 N–H and O–H groups in total. The van der Waals surface area contributed by atoms with Crippen LogP contribution in [0.2, 0.25) is 0 Å². The predicted octanol–water partition coefficient (Wildman–Crippen LogP) is 4.51. The zero-order valence-corrected chi connectivity index (χ0v) is 24.4. The molecule has 0 bridgehead atoms. The molecule has 0 aliphatic carbocycles. The van der Waals surface area contributed by atoms with Crippen molar-refractivity contribution in [2.75, 3.05) is 13.1 Å². The second-order valence-corrected chi connectivity index (χ2v) is 9.28. The minimum Gasteiger partial charge on any atom is -0.481 e. The number of carboxylic acid groups (broad SMARTS) is 1. The van der Waals surface area contributed by atoms with Crippen molar-refractivity contribution in [3.63, 3.8) is 0 Å². The van der Waals surface area contributed by atoms with Crippen LogP contribution in [-0.4, -0.2) is 41.0 Å². The maximum Gasteiger partial charge on any atom is 0.303 e. The summed E-state index contributed by atoms with van der Waals surface area (Å²) in [6.45, 7) is 13.6. The molecule has 0 radical (unpaired) electrons. The van der Waals surface area contributed by atoms with Crippen molar-refractivity contribution in [3.05, 3.63) is 90.5 Å². The fraction of sp³-hybridized carbons (Fsp3) is 0.387. The molecule has 0 saturated carbocycles. The van der Waals surface area contributed by atoms with Gasteiger partial charge in [0.05, 0.1) is 5.69 Å². The molecular formula is C31H47N7O2. The van der Waals surface area contributed by atoms with Gasteiger partial charge in [0.25, 0.3) is 0 Å². The fourth-order valence-electron chi connectivity index (χ4n) is 3.89. The van der Waals surface area contributed by atoms with Crippen molar-refractivity contribution < 1.29 is 9.90 Å². The number of hydrogen-bond donors (Lipinski definition) is 6. The van der Waals surface area contributed by atoms with Crippen LogP contribution in [0, 0.1) is 5.92 Å². The smallest absolute Gasteiger partial charge is 0.303 e. The Bertz CT molecular complexity index is 1090. The number of carbonyl (C=O) groups is 1. The van der Waals surface area contributed by atoms with Crippen LogP contribution in [0.25, 0.3) is 11.3 Å². The number of amidine groups is 1. The van der Waals surface area contributed by atoms with Gasteiger partial charge in [0.2, 0.25) is 0 Å². The van der Waals surface area contributed by atoms with Gasteiger partial charge in [-0.3, -0.25) is 15.6 Å². The number of nitrogens with one attached hydrogen (secondary N) is 3. The lowest BCUT2D eigenvalue weighted by atomic mass is 9.95. The standard InChI is InChI=1S/C22H28N6.C7H13NO2.C2H6/c1-16(23)13-18(3)27-22(25-12-11-17(2)28-24)14-19-9-10-21(26-15-19)20-7-5-4-6-8-20;9-7(10)5-6-1-3-8-4-2-6;1-2/h4-13,15-16,28H,2,14,23-24H2,1,3H3,(H,25,27);6,8H,1-5H2,(H,9,10);1-2H3/b12-11+,18-13+;;. The lowest BCUT2D eigenvalue weighted by Gasteiger charge is -2.20. The highest BCUT2D eigenvalue weighted by atomic mass is 16.4. The molecule has 1 saturated heterocycles. The first kappa shape index (κ1) is 34.2. The predicted molar refractivity (Wildman–Crippen MR) is 166 cm³/mol. The molecule has 1 aromatic carbocycles. The summed E-state index contributed by atoms with van der Waals surface area (Å²) in [4.78, 5) is 19.3. The van der Waals surface area contributed by atoms with Crippen LogP contribution in [0.3, 0.4) is 0 Å². The Hall–Kier alpha value is -3.79. The van der Waals surface area contributed by atoms with Gasteiger partial charge in [-0.2, -0.15) is 0 Å². The zero-order chi connectivity index (χ0) is 29.8. The Balaban J connectivity index is 0.000000555. The maximum absolute atomic E-state index is 10.2. The number of aliphatic imine (C=N–C) groups is 1. The third-order valence-electron chi connectivity index (χ3n) is 5.73. The van der Waals surface area contributed by atoms with Gasteiger partial charge < -0.3 is 26.9 Å². The van der Waals surface area contributed by atoms with E-state index >= 15 is 0 Å². The summed E-state index contributed by atoms with van der Waals surface area (Å²) in [7, 11) is 0. The first-order valence-corrected chi connectivity index (χ1v) is 13.8. The Morgan fingerprint density at radius 3 is 2.45 bits per heavy atom. The van der Waals surface area contributed by atoms with Gasteiger partial charge in [0.1, 0.15) is 5.84 Å². The number of rotatable bonds is 10. The van der Waals surface area contributed by atoms with Gasteiger partial charge >= 0.3 is 5.97 Å². The number of pyridine rings is 1. The normalized spacial score (nSPS) is 14.8. The average molecular weight is 550 g/mol. The summed E-state index contributed by atoms with van der Waals surface area (Å²) >= 11 is 0. The van der Waals surface area contributed by atoms with E-state index < -0.39 is 5.97 Å². The first-order valence-electron chi connectivity index (χ1n) is 13.8. The van der Waals surface area contributed by atoms with Crippen molar-refractivity contribution in [1.29, 1.82) is 0 Å². The highest BCUT2D eigenvalue weighted by molar-refractivity contribution is 5.86. The van der Waals surface area contributed by atoms with E-state index in [0.717, 1.165) is 54.3 Å². The lowest BCUT2D eigenvalue weighted by molar-refractivity contribution is -0.138. The van der Waals surface area contributed by atoms with Gasteiger partial charge in [-0.05, 0) is 69.5 Å². The quantitative estimate of drug-likeness (QED) is 0.0833. The Morgan fingerprint density at radius 1 is 1.23 bits per heavy atom. The zero-order valence-electron chi connectivity index (χ0n) is 24.4. The molecule has 9 nitrogen and oxygen atoms in total. The monoisotopic (exact) mass is 549 g/mol. The first-order chi connectivity index (χ1) is 19.3. The van der Waals surface area contributed by atoms with Gasteiger partial charge in [-0.25, -0.2) is 4.99 Å². The molecule has 0 amide bonds. The summed E-state index contributed by atoms with van der Waals surface area (Å²) in [5.74, 6) is 5.84. The number of benzene rings is 1. The number of hydrazine groups is 1. The van der Waals surface area contributed by atoms with Crippen LogP contribution in [0.5, 0.6) is 0 Å². The molecule has 1 aromatic heterocycles. The van der Waals surface area contributed by atoms with E-state index in [0.29, 0.717) is 24.5 Å². The second kappa shape index (κ2) is 20.2. The minimum atomic E-state index is -0.660. The molecule has 2 heterocycles. The van der Waals surface area contributed by atoms with E-state index in [4.69, 9.17) is 16.7 Å². The summed E-state index contributed by atoms with van der Waals surface area (Å²) in [5, 5.41) is 14.9. The van der Waals surface area contributed by atoms with Crippen molar-refractivity contribution in [2.24, 2.45) is 22.5 Å². The molecule has 3 rings (SSSR count). The van der Waals surface area contributed by atoms with Crippen LogP contribution in [0.1, 0.15) is 52.5 Å². The van der Waals surface area contributed by atoms with E-state index in [-0.39, 0.29) is 6.04 Å². The maximum atomic E-state index is 10.2. The number of allylic oxidation sites excluding steroid dienone is 2. The SMILES string of the molecule is C=C(/C=C/N=C(Cc1ccc(-c2ccccc2)nc1)N/C(C)=C/C(C)N)NN.CC.O=C(O)CC1CCNCC1. The minimum absolute atomic E-state index is 0.0441. The Labute approximate surface area is 239 Å². The number of aliphatic carboxylic acids is 1. The van der Waals surface area contributed by atoms with E-state index in [1.54, 1.807) is 12.3 Å². The van der Waals surface area contributed by atoms with Crippen molar-refractivity contribution in [1.82, 2.24) is 21.0 Å². The van der Waals surface area contributed by atoms with Crippen LogP contribution in [0.15, 0.2) is 90.0 Å². The van der Waals surface area contributed by atoms with Crippen LogP contribution < -0.4 is 27.6 Å². The molecule has 1 aliphatic rings. The lowest BCUT2D eigenvalue weighted by Crippen LogP contribution is -2.28. The highest BCUT2D eigenvalue weighted by Gasteiger charge is 2.15. The topological polar surface area (TPSA) is 151 Å². The van der Waals surface area contributed by atoms with Gasteiger partial charge in [0.15, 0.2) is 0 Å². The highest BCUT2D eigenvalue weighted by Crippen LogP contribution is 2.17. The molecule has 1 unspecified atom stereocenters. The largest absolute Gasteiger partial charge is 0.481 e. The summed E-state index contributed by atoms with van der Waals surface area (Å²) < 4.78 is 0. The number of aromatic nitrogens is 1. The number of carboxylic acids is 1. The van der Waals surface area contributed by atoms with Gasteiger partial charge in [-0.15, -0.1) is 0 Å². The van der Waals surface area contributed by atoms with E-state index in [2.05, 4.69) is 38.7 Å². The van der Waals surface area contributed by atoms with E-state index in [9.17, 15) is 4.79 Å². The summed E-state index contributed by atoms with van der Waals surface area (Å²) in [6, 6.07) is 14.1. The van der Waals surface area contributed by atoms with Crippen molar-refractivity contribution >= 4 is 11.8 Å². The molecule has 9 heteroatoms. The van der Waals surface area contributed by atoms with Crippen molar-refractivity contribution in [3.8, 4) is 11.3 Å². The fourth-order valence-corrected chi connectivity index (χ4v) is 3.89. The second-order valence-electron chi connectivity index (χ2n) is 9.28. The van der Waals surface area contributed by atoms with Crippen LogP contribution in [-0.2, 0) is 11.2 Å². The van der Waals surface area contributed by atoms with E-state index in [1.165, 1.54) is 0 Å². The summed E-state index contributed by atoms with van der Waals surface area (Å²) in [6.07, 6.45) is 10.1. The number of nitrogens with zero attached hydrogens (tertiary/aromatic N) is 2. The molecule has 0 spiro atoms. The molecule has 1 aliphatic heterocycles. The van der Waals surface area contributed by atoms with Crippen LogP contribution >= 0.6 is 0 Å².